The highest BCUT2D eigenvalue weighted by Crippen LogP contribution is 2.09. The molecule has 2 atom stereocenters. The Morgan fingerprint density at radius 1 is 1.36 bits per heavy atom. The molecule has 0 radical (unpaired) electrons. The van der Waals surface area contributed by atoms with Gasteiger partial charge in [-0.3, -0.25) is 9.59 Å². The number of hydrogen-bond acceptors (Lipinski definition) is 3. The van der Waals surface area contributed by atoms with E-state index in [4.69, 9.17) is 10.8 Å². The molecule has 5 heteroatoms. The zero-order valence-corrected chi connectivity index (χ0v) is 8.78. The minimum Gasteiger partial charge on any atom is -0.480 e. The Kier molecular flexibility index (Phi) is 5.15. The van der Waals surface area contributed by atoms with Gasteiger partial charge in [0.2, 0.25) is 5.91 Å². The molecular weight excluding hydrogens is 184 g/mol. The van der Waals surface area contributed by atoms with Crippen molar-refractivity contribution < 1.29 is 14.7 Å². The molecule has 4 N–H and O–H groups in total. The summed E-state index contributed by atoms with van der Waals surface area (Å²) in [4.78, 5) is 21.9. The van der Waals surface area contributed by atoms with Gasteiger partial charge < -0.3 is 16.2 Å². The van der Waals surface area contributed by atoms with Crippen LogP contribution in [0.5, 0.6) is 0 Å². The molecule has 0 aromatic carbocycles. The van der Waals surface area contributed by atoms with Gasteiger partial charge in [-0.1, -0.05) is 13.8 Å². The maximum atomic E-state index is 11.5. The normalized spacial score (nSPS) is 14.9. The van der Waals surface area contributed by atoms with Gasteiger partial charge in [-0.2, -0.15) is 0 Å². The Morgan fingerprint density at radius 3 is 2.14 bits per heavy atom. The molecule has 0 saturated heterocycles. The van der Waals surface area contributed by atoms with Gasteiger partial charge in [0.15, 0.2) is 0 Å². The number of amides is 1. The standard InChI is InChI=1S/C9H18N2O3/c1-5(2)7(4-10)8(12)11-6(3)9(13)14/h5-7H,4,10H2,1-3H3,(H,11,12)(H,13,14)/t6-,7?/m1/s1. The molecule has 0 aliphatic heterocycles. The second kappa shape index (κ2) is 5.59. The molecule has 0 aromatic rings. The molecule has 82 valence electrons. The molecule has 0 aromatic heterocycles. The summed E-state index contributed by atoms with van der Waals surface area (Å²) in [5.41, 5.74) is 5.42. The number of hydrogen-bond donors (Lipinski definition) is 3. The van der Waals surface area contributed by atoms with Crippen molar-refractivity contribution in [1.82, 2.24) is 5.32 Å². The Balaban J connectivity index is 4.24. The molecule has 1 unspecified atom stereocenters. The highest BCUT2D eigenvalue weighted by atomic mass is 16.4. The number of carbonyl (C=O) groups excluding carboxylic acids is 1. The smallest absolute Gasteiger partial charge is 0.325 e. The quantitative estimate of drug-likeness (QED) is 0.576. The summed E-state index contributed by atoms with van der Waals surface area (Å²) in [6, 6.07) is -0.865. The second-order valence-electron chi connectivity index (χ2n) is 3.65. The van der Waals surface area contributed by atoms with E-state index < -0.39 is 12.0 Å². The van der Waals surface area contributed by atoms with Crippen LogP contribution < -0.4 is 11.1 Å². The van der Waals surface area contributed by atoms with E-state index in [0.29, 0.717) is 0 Å². The molecule has 0 aliphatic carbocycles. The summed E-state index contributed by atoms with van der Waals surface area (Å²) >= 11 is 0. The fraction of sp³-hybridized carbons (Fsp3) is 0.778. The summed E-state index contributed by atoms with van der Waals surface area (Å²) in [5.74, 6) is -1.55. The van der Waals surface area contributed by atoms with Gasteiger partial charge in [-0.05, 0) is 12.8 Å². The van der Waals surface area contributed by atoms with Crippen LogP contribution in [0.3, 0.4) is 0 Å². The lowest BCUT2D eigenvalue weighted by Crippen LogP contribution is -2.45. The number of aliphatic carboxylic acids is 1. The molecule has 1 amide bonds. The third-order valence-electron chi connectivity index (χ3n) is 2.12. The van der Waals surface area contributed by atoms with Gasteiger partial charge in [0, 0.05) is 6.54 Å². The van der Waals surface area contributed by atoms with Gasteiger partial charge in [0.05, 0.1) is 5.92 Å². The Bertz CT molecular complexity index is 216. The highest BCUT2D eigenvalue weighted by molar-refractivity contribution is 5.84. The van der Waals surface area contributed by atoms with Crippen LogP contribution in [0, 0.1) is 11.8 Å². The molecular formula is C9H18N2O3. The van der Waals surface area contributed by atoms with Crippen molar-refractivity contribution in [3.8, 4) is 0 Å². The highest BCUT2D eigenvalue weighted by Gasteiger charge is 2.23. The van der Waals surface area contributed by atoms with Crippen LogP contribution in [-0.2, 0) is 9.59 Å². The van der Waals surface area contributed by atoms with Crippen LogP contribution in [0.4, 0.5) is 0 Å². The van der Waals surface area contributed by atoms with Crippen molar-refractivity contribution in [3.63, 3.8) is 0 Å². The summed E-state index contributed by atoms with van der Waals surface area (Å²) in [7, 11) is 0. The maximum absolute atomic E-state index is 11.5. The lowest BCUT2D eigenvalue weighted by atomic mass is 9.95. The predicted molar refractivity (Wildman–Crippen MR) is 52.6 cm³/mol. The van der Waals surface area contributed by atoms with Gasteiger partial charge in [-0.15, -0.1) is 0 Å². The number of carboxylic acid groups (broad SMARTS) is 1. The predicted octanol–water partition coefficient (Wildman–Crippen LogP) is -0.193. The fourth-order valence-corrected chi connectivity index (χ4v) is 1.06. The zero-order chi connectivity index (χ0) is 11.3. The van der Waals surface area contributed by atoms with Crippen LogP contribution >= 0.6 is 0 Å². The van der Waals surface area contributed by atoms with Crippen LogP contribution in [0.15, 0.2) is 0 Å². The molecule has 5 nitrogen and oxygen atoms in total. The van der Waals surface area contributed by atoms with E-state index in [0.717, 1.165) is 0 Å². The van der Waals surface area contributed by atoms with Crippen molar-refractivity contribution in [1.29, 1.82) is 0 Å². The number of carbonyl (C=O) groups is 2. The van der Waals surface area contributed by atoms with Gasteiger partial charge in [0.1, 0.15) is 6.04 Å². The van der Waals surface area contributed by atoms with Crippen molar-refractivity contribution in [2.45, 2.75) is 26.8 Å². The molecule has 0 fully saturated rings. The van der Waals surface area contributed by atoms with Crippen LogP contribution in [0.1, 0.15) is 20.8 Å². The fourth-order valence-electron chi connectivity index (χ4n) is 1.06. The molecule has 0 aliphatic rings. The Morgan fingerprint density at radius 2 is 1.86 bits per heavy atom. The summed E-state index contributed by atoms with van der Waals surface area (Å²) in [6.07, 6.45) is 0. The van der Waals surface area contributed by atoms with Crippen LogP contribution in [0.2, 0.25) is 0 Å². The molecule has 14 heavy (non-hydrogen) atoms. The minimum absolute atomic E-state index is 0.112. The van der Waals surface area contributed by atoms with E-state index >= 15 is 0 Å². The van der Waals surface area contributed by atoms with Crippen LogP contribution in [0.25, 0.3) is 0 Å². The number of nitrogens with two attached hydrogens (primary N) is 1. The summed E-state index contributed by atoms with van der Waals surface area (Å²) in [6.45, 7) is 5.41. The van der Waals surface area contributed by atoms with E-state index in [2.05, 4.69) is 5.32 Å². The average molecular weight is 202 g/mol. The minimum atomic E-state index is -1.04. The van der Waals surface area contributed by atoms with E-state index in [1.165, 1.54) is 6.92 Å². The van der Waals surface area contributed by atoms with Gasteiger partial charge >= 0.3 is 5.97 Å². The lowest BCUT2D eigenvalue weighted by molar-refractivity contribution is -0.142. The van der Waals surface area contributed by atoms with Crippen molar-refractivity contribution in [3.05, 3.63) is 0 Å². The molecule has 0 bridgehead atoms. The average Bonchev–Trinajstić information content (AvgIpc) is 2.04. The summed E-state index contributed by atoms with van der Waals surface area (Å²) < 4.78 is 0. The maximum Gasteiger partial charge on any atom is 0.325 e. The first-order chi connectivity index (χ1) is 6.40. The lowest BCUT2D eigenvalue weighted by Gasteiger charge is -2.19. The van der Waals surface area contributed by atoms with Gasteiger partial charge in [-0.25, -0.2) is 0 Å². The van der Waals surface area contributed by atoms with Crippen molar-refractivity contribution >= 4 is 11.9 Å². The third kappa shape index (κ3) is 3.74. The second-order valence-corrected chi connectivity index (χ2v) is 3.65. The Labute approximate surface area is 83.7 Å². The SMILES string of the molecule is CC(C)C(CN)C(=O)N[C@H](C)C(=O)O. The zero-order valence-electron chi connectivity index (χ0n) is 8.78. The first kappa shape index (κ1) is 12.9. The van der Waals surface area contributed by atoms with Gasteiger partial charge in [0.25, 0.3) is 0 Å². The number of carboxylic acids is 1. The van der Waals surface area contributed by atoms with E-state index in [-0.39, 0.29) is 24.3 Å². The van der Waals surface area contributed by atoms with E-state index in [1.807, 2.05) is 13.8 Å². The number of nitrogens with one attached hydrogen (secondary N) is 1. The first-order valence-electron chi connectivity index (χ1n) is 4.63. The molecule has 0 saturated carbocycles. The molecule has 0 heterocycles. The molecule has 0 spiro atoms. The van der Waals surface area contributed by atoms with Crippen molar-refractivity contribution in [2.75, 3.05) is 6.54 Å². The van der Waals surface area contributed by atoms with Crippen LogP contribution in [-0.4, -0.2) is 29.6 Å². The monoisotopic (exact) mass is 202 g/mol. The largest absolute Gasteiger partial charge is 0.480 e. The molecule has 0 rings (SSSR count). The van der Waals surface area contributed by atoms with E-state index in [9.17, 15) is 9.59 Å². The summed E-state index contributed by atoms with van der Waals surface area (Å²) in [5, 5.41) is 11.0. The first-order valence-corrected chi connectivity index (χ1v) is 4.63. The van der Waals surface area contributed by atoms with Crippen molar-refractivity contribution in [2.24, 2.45) is 17.6 Å². The topological polar surface area (TPSA) is 92.4 Å². The number of rotatable bonds is 5. The third-order valence-corrected chi connectivity index (χ3v) is 2.12. The van der Waals surface area contributed by atoms with E-state index in [1.54, 1.807) is 0 Å². The Hall–Kier alpha value is -1.10.